The van der Waals surface area contributed by atoms with Gasteiger partial charge in [0.15, 0.2) is 0 Å². The number of hydrogen-bond donors (Lipinski definition) is 0. The van der Waals surface area contributed by atoms with Gasteiger partial charge in [0.25, 0.3) is 0 Å². The van der Waals surface area contributed by atoms with E-state index in [1.165, 1.54) is 32.1 Å². The number of rotatable bonds is 10. The van der Waals surface area contributed by atoms with Crippen molar-refractivity contribution >= 4 is 0 Å². The number of para-hydroxylation sites is 1. The summed E-state index contributed by atoms with van der Waals surface area (Å²) in [5, 5.41) is 2.91. The molecule has 0 aliphatic carbocycles. The second kappa shape index (κ2) is 9.63. The smallest absolute Gasteiger partial charge is 0.124 e. The molecule has 1 aromatic carbocycles. The van der Waals surface area contributed by atoms with Crippen molar-refractivity contribution in [2.24, 2.45) is 5.18 Å². The van der Waals surface area contributed by atoms with Gasteiger partial charge in [-0.3, -0.25) is 0 Å². The van der Waals surface area contributed by atoms with Gasteiger partial charge < -0.3 is 4.74 Å². The maximum atomic E-state index is 10.3. The van der Waals surface area contributed by atoms with Crippen molar-refractivity contribution in [2.75, 3.05) is 6.61 Å². The zero-order valence-electron chi connectivity index (χ0n) is 11.2. The van der Waals surface area contributed by atoms with Crippen LogP contribution in [0.25, 0.3) is 0 Å². The summed E-state index contributed by atoms with van der Waals surface area (Å²) in [4.78, 5) is 10.3. The van der Waals surface area contributed by atoms with E-state index in [1.54, 1.807) is 0 Å². The van der Waals surface area contributed by atoms with Crippen LogP contribution in [0.4, 0.5) is 0 Å². The monoisotopic (exact) mass is 249 g/mol. The first-order chi connectivity index (χ1) is 8.88. The van der Waals surface area contributed by atoms with Gasteiger partial charge in [0.1, 0.15) is 12.3 Å². The molecule has 0 amide bonds. The van der Waals surface area contributed by atoms with Gasteiger partial charge in [-0.2, -0.15) is 4.91 Å². The SMILES string of the molecule is CCCCCCCCOc1ccccc1CN=O. The van der Waals surface area contributed by atoms with Gasteiger partial charge in [-0.1, -0.05) is 62.4 Å². The quantitative estimate of drug-likeness (QED) is 0.445. The summed E-state index contributed by atoms with van der Waals surface area (Å²) in [6, 6.07) is 7.61. The lowest BCUT2D eigenvalue weighted by Gasteiger charge is -2.09. The van der Waals surface area contributed by atoms with Gasteiger partial charge in [-0.15, -0.1) is 0 Å². The van der Waals surface area contributed by atoms with Crippen LogP contribution < -0.4 is 4.74 Å². The van der Waals surface area contributed by atoms with E-state index in [4.69, 9.17) is 4.74 Å². The Kier molecular flexibility index (Phi) is 7.85. The number of unbranched alkanes of at least 4 members (excludes halogenated alkanes) is 5. The first-order valence-corrected chi connectivity index (χ1v) is 6.88. The van der Waals surface area contributed by atoms with Crippen molar-refractivity contribution in [3.63, 3.8) is 0 Å². The summed E-state index contributed by atoms with van der Waals surface area (Å²) < 4.78 is 5.70. The minimum atomic E-state index is 0.187. The number of hydrogen-bond acceptors (Lipinski definition) is 3. The molecular formula is C15H23NO2. The van der Waals surface area contributed by atoms with Gasteiger partial charge in [0.2, 0.25) is 0 Å². The summed E-state index contributed by atoms with van der Waals surface area (Å²) in [5.41, 5.74) is 0.874. The van der Waals surface area contributed by atoms with Crippen LogP contribution in [0, 0.1) is 4.91 Å². The van der Waals surface area contributed by atoms with E-state index >= 15 is 0 Å². The summed E-state index contributed by atoms with van der Waals surface area (Å²) in [7, 11) is 0. The van der Waals surface area contributed by atoms with Crippen LogP contribution in [0.15, 0.2) is 29.4 Å². The third-order valence-electron chi connectivity index (χ3n) is 2.96. The van der Waals surface area contributed by atoms with Gasteiger partial charge in [-0.25, -0.2) is 0 Å². The van der Waals surface area contributed by atoms with Crippen molar-refractivity contribution in [2.45, 2.75) is 52.0 Å². The maximum Gasteiger partial charge on any atom is 0.124 e. The molecule has 0 N–H and O–H groups in total. The zero-order chi connectivity index (χ0) is 13.1. The van der Waals surface area contributed by atoms with Crippen molar-refractivity contribution < 1.29 is 4.74 Å². The number of nitroso groups, excluding NO2 is 1. The van der Waals surface area contributed by atoms with Crippen LogP contribution in [0.2, 0.25) is 0 Å². The lowest BCUT2D eigenvalue weighted by molar-refractivity contribution is 0.301. The largest absolute Gasteiger partial charge is 0.493 e. The van der Waals surface area contributed by atoms with Crippen LogP contribution >= 0.6 is 0 Å². The Labute approximate surface area is 110 Å². The molecule has 0 aliphatic rings. The summed E-state index contributed by atoms with van der Waals surface area (Å²) in [6.45, 7) is 3.13. The fourth-order valence-corrected chi connectivity index (χ4v) is 1.91. The zero-order valence-corrected chi connectivity index (χ0v) is 11.2. The minimum Gasteiger partial charge on any atom is -0.493 e. The van der Waals surface area contributed by atoms with E-state index in [-0.39, 0.29) is 6.54 Å². The van der Waals surface area contributed by atoms with Crippen molar-refractivity contribution in [3.8, 4) is 5.75 Å². The molecule has 1 aromatic rings. The molecule has 0 fully saturated rings. The van der Waals surface area contributed by atoms with Gasteiger partial charge >= 0.3 is 0 Å². The van der Waals surface area contributed by atoms with Gasteiger partial charge in [0, 0.05) is 5.56 Å². The third kappa shape index (κ3) is 5.80. The molecule has 0 bridgehead atoms. The Hall–Kier alpha value is -1.38. The van der Waals surface area contributed by atoms with Gasteiger partial charge in [-0.05, 0) is 12.5 Å². The Balaban J connectivity index is 2.20. The lowest BCUT2D eigenvalue weighted by atomic mass is 10.1. The molecule has 0 aromatic heterocycles. The highest BCUT2D eigenvalue weighted by Crippen LogP contribution is 2.19. The van der Waals surface area contributed by atoms with E-state index < -0.39 is 0 Å². The molecule has 0 spiro atoms. The van der Waals surface area contributed by atoms with Crippen LogP contribution in [0.5, 0.6) is 5.75 Å². The normalized spacial score (nSPS) is 10.3. The van der Waals surface area contributed by atoms with Gasteiger partial charge in [0.05, 0.1) is 6.61 Å². The summed E-state index contributed by atoms with van der Waals surface area (Å²) in [5.74, 6) is 0.797. The molecule has 100 valence electrons. The summed E-state index contributed by atoms with van der Waals surface area (Å²) in [6.07, 6.45) is 7.51. The van der Waals surface area contributed by atoms with E-state index in [9.17, 15) is 4.91 Å². The molecule has 3 heteroatoms. The molecule has 18 heavy (non-hydrogen) atoms. The van der Waals surface area contributed by atoms with E-state index in [0.717, 1.165) is 24.3 Å². The number of benzene rings is 1. The topological polar surface area (TPSA) is 38.7 Å². The average Bonchev–Trinajstić information content (AvgIpc) is 2.40. The first kappa shape index (κ1) is 14.7. The van der Waals surface area contributed by atoms with Crippen LogP contribution in [0.3, 0.4) is 0 Å². The highest BCUT2D eigenvalue weighted by atomic mass is 16.5. The Morgan fingerprint density at radius 2 is 1.78 bits per heavy atom. The highest BCUT2D eigenvalue weighted by Gasteiger charge is 2.02. The van der Waals surface area contributed by atoms with Crippen LogP contribution in [-0.2, 0) is 6.54 Å². The van der Waals surface area contributed by atoms with Crippen LogP contribution in [-0.4, -0.2) is 6.61 Å². The minimum absolute atomic E-state index is 0.187. The van der Waals surface area contributed by atoms with Crippen molar-refractivity contribution in [1.29, 1.82) is 0 Å². The van der Waals surface area contributed by atoms with E-state index in [2.05, 4.69) is 12.1 Å². The molecule has 1 rings (SSSR count). The van der Waals surface area contributed by atoms with Crippen LogP contribution in [0.1, 0.15) is 51.0 Å². The lowest BCUT2D eigenvalue weighted by Crippen LogP contribution is -1.99. The molecule has 3 nitrogen and oxygen atoms in total. The molecule has 0 saturated heterocycles. The molecule has 0 atom stereocenters. The highest BCUT2D eigenvalue weighted by molar-refractivity contribution is 5.33. The first-order valence-electron chi connectivity index (χ1n) is 6.88. The fourth-order valence-electron chi connectivity index (χ4n) is 1.91. The molecular weight excluding hydrogens is 226 g/mol. The fraction of sp³-hybridized carbons (Fsp3) is 0.600. The molecule has 0 saturated carbocycles. The molecule has 0 radical (unpaired) electrons. The predicted octanol–water partition coefficient (Wildman–Crippen LogP) is 4.69. The maximum absolute atomic E-state index is 10.3. The average molecular weight is 249 g/mol. The Bertz CT molecular complexity index is 339. The number of nitrogens with zero attached hydrogens (tertiary/aromatic N) is 1. The predicted molar refractivity (Wildman–Crippen MR) is 74.8 cm³/mol. The molecule has 0 unspecified atom stereocenters. The standard InChI is InChI=1S/C15H23NO2/c1-2-3-4-5-6-9-12-18-15-11-8-7-10-14(15)13-16-17/h7-8,10-11H,2-6,9,12-13H2,1H3. The Morgan fingerprint density at radius 3 is 2.56 bits per heavy atom. The van der Waals surface area contributed by atoms with E-state index in [1.807, 2.05) is 24.3 Å². The third-order valence-corrected chi connectivity index (χ3v) is 2.96. The molecule has 0 aliphatic heterocycles. The Morgan fingerprint density at radius 1 is 1.06 bits per heavy atom. The second-order valence-electron chi connectivity index (χ2n) is 4.51. The van der Waals surface area contributed by atoms with Crippen molar-refractivity contribution in [1.82, 2.24) is 0 Å². The number of ether oxygens (including phenoxy) is 1. The summed E-state index contributed by atoms with van der Waals surface area (Å²) >= 11 is 0. The van der Waals surface area contributed by atoms with Crippen molar-refractivity contribution in [3.05, 3.63) is 34.7 Å². The van der Waals surface area contributed by atoms with E-state index in [0.29, 0.717) is 0 Å². The molecule has 0 heterocycles. The second-order valence-corrected chi connectivity index (χ2v) is 4.51.